The fourth-order valence-electron chi connectivity index (χ4n) is 3.41. The predicted octanol–water partition coefficient (Wildman–Crippen LogP) is 0.558. The minimum Gasteiger partial charge on any atom is -0.368 e. The minimum atomic E-state index is -1.11. The van der Waals surface area contributed by atoms with Gasteiger partial charge in [-0.05, 0) is 24.6 Å². The first kappa shape index (κ1) is 18.8. The van der Waals surface area contributed by atoms with Crippen LogP contribution < -0.4 is 15.5 Å². The molecule has 26 heavy (non-hydrogen) atoms. The van der Waals surface area contributed by atoms with Gasteiger partial charge in [0.05, 0.1) is 31.1 Å². The van der Waals surface area contributed by atoms with Crippen molar-refractivity contribution in [2.24, 2.45) is 5.73 Å². The fourth-order valence-corrected chi connectivity index (χ4v) is 3.41. The van der Waals surface area contributed by atoms with Crippen LogP contribution in [0.25, 0.3) is 0 Å². The third kappa shape index (κ3) is 3.75. The molecule has 2 aliphatic heterocycles. The van der Waals surface area contributed by atoms with Crippen molar-refractivity contribution in [3.63, 3.8) is 0 Å². The van der Waals surface area contributed by atoms with E-state index in [2.05, 4.69) is 10.3 Å². The van der Waals surface area contributed by atoms with Gasteiger partial charge >= 0.3 is 0 Å². The molecule has 3 heterocycles. The fraction of sp³-hybridized carbons (Fsp3) is 0.500. The number of nitrogens with two attached hydrogens (primary N) is 1. The topological polar surface area (TPSA) is 92.7 Å². The number of aliphatic hydroxyl groups is 1. The Bertz CT molecular complexity index is 734. The lowest BCUT2D eigenvalue weighted by Crippen LogP contribution is -2.30. The summed E-state index contributed by atoms with van der Waals surface area (Å²) in [5, 5.41) is 17.8. The Balaban J connectivity index is 0.00000196. The molecule has 0 spiro atoms. The van der Waals surface area contributed by atoms with E-state index in [1.54, 1.807) is 34.1 Å². The minimum absolute atomic E-state index is 0. The van der Waals surface area contributed by atoms with Crippen molar-refractivity contribution in [2.45, 2.75) is 31.5 Å². The Labute approximate surface area is 156 Å². The van der Waals surface area contributed by atoms with Crippen molar-refractivity contribution in [3.8, 4) is 0 Å². The van der Waals surface area contributed by atoms with E-state index in [0.29, 0.717) is 31.0 Å². The quantitative estimate of drug-likeness (QED) is 0.795. The first-order valence-electron chi connectivity index (χ1n) is 8.34. The Hall–Kier alpha value is -1.94. The number of anilines is 2. The number of halogens is 2. The summed E-state index contributed by atoms with van der Waals surface area (Å²) in [6.45, 7) is 2.33. The third-order valence-corrected chi connectivity index (χ3v) is 4.67. The molecule has 1 unspecified atom stereocenters. The van der Waals surface area contributed by atoms with E-state index in [1.807, 2.05) is 4.90 Å². The van der Waals surface area contributed by atoms with Gasteiger partial charge in [0.15, 0.2) is 0 Å². The molecule has 8 nitrogen and oxygen atoms in total. The van der Waals surface area contributed by atoms with Gasteiger partial charge in [0.2, 0.25) is 6.41 Å². The summed E-state index contributed by atoms with van der Waals surface area (Å²) >= 11 is 0. The number of benzene rings is 1. The maximum atomic E-state index is 14.6. The molecule has 2 fully saturated rings. The molecule has 1 aromatic heterocycles. The lowest BCUT2D eigenvalue weighted by atomic mass is 10.2. The van der Waals surface area contributed by atoms with Crippen LogP contribution in [0, 0.1) is 5.82 Å². The number of aromatic nitrogens is 3. The highest BCUT2D eigenvalue weighted by molar-refractivity contribution is 5.85. The second-order valence-corrected chi connectivity index (χ2v) is 6.49. The van der Waals surface area contributed by atoms with Crippen LogP contribution in [0.5, 0.6) is 0 Å². The monoisotopic (exact) mass is 384 g/mol. The van der Waals surface area contributed by atoms with Crippen LogP contribution in [0.1, 0.15) is 6.42 Å². The van der Waals surface area contributed by atoms with Crippen LogP contribution in [-0.4, -0.2) is 58.3 Å². The van der Waals surface area contributed by atoms with E-state index in [4.69, 9.17) is 10.5 Å². The lowest BCUT2D eigenvalue weighted by molar-refractivity contribution is -0.0924. The number of aliphatic hydroxyl groups excluding tert-OH is 1. The number of ether oxygens (including phenoxy) is 1. The van der Waals surface area contributed by atoms with E-state index in [0.717, 1.165) is 13.0 Å². The highest BCUT2D eigenvalue weighted by atomic mass is 35.5. The van der Waals surface area contributed by atoms with Gasteiger partial charge < -0.3 is 25.4 Å². The molecule has 0 bridgehead atoms. The largest absolute Gasteiger partial charge is 0.368 e. The summed E-state index contributed by atoms with van der Waals surface area (Å²) in [6.07, 6.45) is 2.81. The summed E-state index contributed by atoms with van der Waals surface area (Å²) in [5.74, 6) is -0.321. The molecular weight excluding hydrogens is 363 g/mol. The molecule has 2 aromatic rings. The number of nitrogens with zero attached hydrogens (tertiary/aromatic N) is 5. The summed E-state index contributed by atoms with van der Waals surface area (Å²) < 4.78 is 21.7. The zero-order valence-corrected chi connectivity index (χ0v) is 14.9. The van der Waals surface area contributed by atoms with E-state index >= 15 is 0 Å². The van der Waals surface area contributed by atoms with Gasteiger partial charge in [-0.2, -0.15) is 0 Å². The Morgan fingerprint density at radius 3 is 2.85 bits per heavy atom. The average Bonchev–Trinajstić information content (AvgIpc) is 3.30. The highest BCUT2D eigenvalue weighted by Gasteiger charge is 2.32. The second-order valence-electron chi connectivity index (χ2n) is 6.49. The van der Waals surface area contributed by atoms with Gasteiger partial charge in [0.25, 0.3) is 0 Å². The highest BCUT2D eigenvalue weighted by Crippen LogP contribution is 2.30. The molecule has 0 radical (unpaired) electrons. The second kappa shape index (κ2) is 7.75. The van der Waals surface area contributed by atoms with Gasteiger partial charge in [-0.1, -0.05) is 5.21 Å². The van der Waals surface area contributed by atoms with Crippen molar-refractivity contribution in [3.05, 3.63) is 36.4 Å². The van der Waals surface area contributed by atoms with Gasteiger partial charge in [0.1, 0.15) is 5.82 Å². The van der Waals surface area contributed by atoms with Crippen LogP contribution in [0.15, 0.2) is 30.6 Å². The SMILES string of the molecule is Cl.N[C@@H]1CCN(c2ccc(N3C[C@H](Cn4ccnn4)OC3O)cc2F)C1. The molecule has 3 atom stereocenters. The Morgan fingerprint density at radius 1 is 1.35 bits per heavy atom. The zero-order valence-electron chi connectivity index (χ0n) is 14.1. The van der Waals surface area contributed by atoms with E-state index in [9.17, 15) is 9.50 Å². The van der Waals surface area contributed by atoms with Crippen molar-refractivity contribution in [1.29, 1.82) is 0 Å². The van der Waals surface area contributed by atoms with E-state index < -0.39 is 6.41 Å². The molecule has 10 heteroatoms. The van der Waals surface area contributed by atoms with Crippen molar-refractivity contribution >= 4 is 23.8 Å². The van der Waals surface area contributed by atoms with Gasteiger partial charge in [-0.3, -0.25) is 0 Å². The first-order valence-corrected chi connectivity index (χ1v) is 8.34. The summed E-state index contributed by atoms with van der Waals surface area (Å²) in [6, 6.07) is 5.06. The molecule has 4 rings (SSSR count). The Morgan fingerprint density at radius 2 is 2.19 bits per heavy atom. The first-order chi connectivity index (χ1) is 12.1. The van der Waals surface area contributed by atoms with Gasteiger partial charge in [0, 0.05) is 31.0 Å². The Kier molecular flexibility index (Phi) is 5.61. The van der Waals surface area contributed by atoms with Gasteiger partial charge in [-0.15, -0.1) is 17.5 Å². The van der Waals surface area contributed by atoms with E-state index in [1.165, 1.54) is 6.07 Å². The van der Waals surface area contributed by atoms with Crippen molar-refractivity contribution < 1.29 is 14.2 Å². The molecule has 142 valence electrons. The smallest absolute Gasteiger partial charge is 0.238 e. The third-order valence-electron chi connectivity index (χ3n) is 4.67. The lowest BCUT2D eigenvalue weighted by Gasteiger charge is -2.23. The normalized spacial score (nSPS) is 25.6. The van der Waals surface area contributed by atoms with E-state index in [-0.39, 0.29) is 30.4 Å². The van der Waals surface area contributed by atoms with Crippen molar-refractivity contribution in [2.75, 3.05) is 29.4 Å². The molecule has 0 aliphatic carbocycles. The van der Waals surface area contributed by atoms with Crippen molar-refractivity contribution in [1.82, 2.24) is 15.0 Å². The van der Waals surface area contributed by atoms with Crippen LogP contribution >= 0.6 is 12.4 Å². The average molecular weight is 385 g/mol. The summed E-state index contributed by atoms with van der Waals surface area (Å²) in [7, 11) is 0. The van der Waals surface area contributed by atoms with Crippen LogP contribution in [-0.2, 0) is 11.3 Å². The van der Waals surface area contributed by atoms with Crippen LogP contribution in [0.3, 0.4) is 0 Å². The van der Waals surface area contributed by atoms with Crippen LogP contribution in [0.2, 0.25) is 0 Å². The van der Waals surface area contributed by atoms with Crippen LogP contribution in [0.4, 0.5) is 15.8 Å². The number of hydrogen-bond acceptors (Lipinski definition) is 7. The molecule has 0 amide bonds. The maximum Gasteiger partial charge on any atom is 0.238 e. The predicted molar refractivity (Wildman–Crippen MR) is 96.7 cm³/mol. The molecule has 1 aromatic carbocycles. The number of hydrogen-bond donors (Lipinski definition) is 2. The summed E-state index contributed by atoms with van der Waals surface area (Å²) in [4.78, 5) is 3.58. The molecule has 0 saturated carbocycles. The molecule has 2 saturated heterocycles. The zero-order chi connectivity index (χ0) is 17.4. The maximum absolute atomic E-state index is 14.6. The molecule has 2 aliphatic rings. The number of rotatable bonds is 4. The van der Waals surface area contributed by atoms with Gasteiger partial charge in [-0.25, -0.2) is 9.07 Å². The standard InChI is InChI=1S/C16H21FN6O2.ClH/c17-14-7-12(1-2-15(14)21-5-3-11(18)8-21)23-10-13(25-16(23)24)9-22-6-4-19-20-22;/h1-2,4,6-7,11,13,16,24H,3,5,8-10,18H2;1H/t11-,13+,16?;/m1./s1. The molecule has 3 N–H and O–H groups in total. The molecular formula is C16H22ClFN6O2. The summed E-state index contributed by atoms with van der Waals surface area (Å²) in [5.41, 5.74) is 7.03.